The van der Waals surface area contributed by atoms with Gasteiger partial charge in [0.15, 0.2) is 0 Å². The van der Waals surface area contributed by atoms with Crippen LogP contribution in [0.4, 0.5) is 0 Å². The second-order valence-corrected chi connectivity index (χ2v) is 11.7. The predicted octanol–water partition coefficient (Wildman–Crippen LogP) is 4.25. The molecule has 0 amide bonds. The van der Waals surface area contributed by atoms with Gasteiger partial charge in [-0.15, -0.1) is 0 Å². The molecule has 2 heterocycles. The third-order valence-electron chi connectivity index (χ3n) is 8.01. The van der Waals surface area contributed by atoms with E-state index in [4.69, 9.17) is 0 Å². The molecule has 2 aliphatic heterocycles. The molecule has 166 valence electrons. The van der Waals surface area contributed by atoms with Crippen LogP contribution in [-0.4, -0.2) is 71.7 Å². The van der Waals surface area contributed by atoms with Crippen LogP contribution in [0.5, 0.6) is 0 Å². The van der Waals surface area contributed by atoms with Gasteiger partial charge in [0, 0.05) is 34.7 Å². The van der Waals surface area contributed by atoms with Gasteiger partial charge in [-0.25, -0.2) is 0 Å². The van der Waals surface area contributed by atoms with Gasteiger partial charge in [0.05, 0.1) is 0 Å². The SMILES string of the molecule is CC1CC(NCCCCCNC2CC(C)(C)N(C)C(C)(C)C2)CC(C)(C)N1C. The molecule has 0 aromatic rings. The number of nitrogens with zero attached hydrogens (tertiary/aromatic N) is 2. The van der Waals surface area contributed by atoms with E-state index in [1.54, 1.807) is 0 Å². The summed E-state index contributed by atoms with van der Waals surface area (Å²) < 4.78 is 0. The highest BCUT2D eigenvalue weighted by Gasteiger charge is 2.42. The lowest BCUT2D eigenvalue weighted by molar-refractivity contribution is -0.0180. The Morgan fingerprint density at radius 3 is 1.68 bits per heavy atom. The van der Waals surface area contributed by atoms with Crippen molar-refractivity contribution in [1.29, 1.82) is 0 Å². The predicted molar refractivity (Wildman–Crippen MR) is 123 cm³/mol. The lowest BCUT2D eigenvalue weighted by atomic mass is 9.77. The van der Waals surface area contributed by atoms with Crippen molar-refractivity contribution in [3.8, 4) is 0 Å². The van der Waals surface area contributed by atoms with Crippen LogP contribution in [0.2, 0.25) is 0 Å². The first-order valence-electron chi connectivity index (χ1n) is 11.8. The number of rotatable bonds is 8. The van der Waals surface area contributed by atoms with Crippen molar-refractivity contribution in [3.05, 3.63) is 0 Å². The first-order valence-corrected chi connectivity index (χ1v) is 11.8. The lowest BCUT2D eigenvalue weighted by Crippen LogP contribution is -2.62. The molecule has 2 N–H and O–H groups in total. The van der Waals surface area contributed by atoms with E-state index in [1.807, 2.05) is 0 Å². The number of likely N-dealkylation sites (tertiary alicyclic amines) is 2. The monoisotopic (exact) mass is 394 g/mol. The van der Waals surface area contributed by atoms with Crippen molar-refractivity contribution in [2.24, 2.45) is 0 Å². The molecule has 0 aromatic carbocycles. The van der Waals surface area contributed by atoms with Crippen molar-refractivity contribution < 1.29 is 0 Å². The summed E-state index contributed by atoms with van der Waals surface area (Å²) in [4.78, 5) is 5.11. The van der Waals surface area contributed by atoms with Crippen LogP contribution in [0.3, 0.4) is 0 Å². The summed E-state index contributed by atoms with van der Waals surface area (Å²) in [6.07, 6.45) is 8.96. The first kappa shape index (κ1) is 24.1. The average molecular weight is 395 g/mol. The molecule has 0 saturated carbocycles. The summed E-state index contributed by atoms with van der Waals surface area (Å²) in [5.74, 6) is 0. The maximum Gasteiger partial charge on any atom is 0.0170 e. The Morgan fingerprint density at radius 1 is 0.714 bits per heavy atom. The molecular formula is C24H50N4. The molecule has 2 rings (SSSR count). The molecule has 0 aromatic heterocycles. The van der Waals surface area contributed by atoms with Crippen molar-refractivity contribution in [3.63, 3.8) is 0 Å². The summed E-state index contributed by atoms with van der Waals surface area (Å²) >= 11 is 0. The van der Waals surface area contributed by atoms with Gasteiger partial charge >= 0.3 is 0 Å². The smallest absolute Gasteiger partial charge is 0.0170 e. The van der Waals surface area contributed by atoms with Crippen molar-refractivity contribution in [2.75, 3.05) is 27.2 Å². The van der Waals surface area contributed by atoms with Crippen molar-refractivity contribution >= 4 is 0 Å². The Balaban J connectivity index is 1.59. The summed E-state index contributed by atoms with van der Waals surface area (Å²) in [7, 11) is 4.57. The maximum atomic E-state index is 3.86. The topological polar surface area (TPSA) is 30.5 Å². The second-order valence-electron chi connectivity index (χ2n) is 11.7. The highest BCUT2D eigenvalue weighted by molar-refractivity contribution is 5.00. The normalized spacial score (nSPS) is 31.2. The number of hydrogen-bond donors (Lipinski definition) is 2. The van der Waals surface area contributed by atoms with Gasteiger partial charge in [-0.2, -0.15) is 0 Å². The minimum atomic E-state index is 0.280. The van der Waals surface area contributed by atoms with Crippen molar-refractivity contribution in [2.45, 2.75) is 128 Å². The van der Waals surface area contributed by atoms with Gasteiger partial charge in [-0.3, -0.25) is 9.80 Å². The van der Waals surface area contributed by atoms with Crippen LogP contribution in [0.1, 0.15) is 93.4 Å². The summed E-state index contributed by atoms with van der Waals surface area (Å²) in [5.41, 5.74) is 0.875. The molecule has 0 bridgehead atoms. The standard InChI is InChI=1S/C24H50N4/c1-19-15-20(16-22(2,3)27(19)8)25-13-11-10-12-14-26-21-17-23(4,5)28(9)24(6,7)18-21/h19-21,25-26H,10-18H2,1-9H3. The van der Waals surface area contributed by atoms with E-state index in [-0.39, 0.29) is 11.1 Å². The summed E-state index contributed by atoms with van der Waals surface area (Å²) in [6.45, 7) is 19.0. The Morgan fingerprint density at radius 2 is 1.18 bits per heavy atom. The number of hydrogen-bond acceptors (Lipinski definition) is 4. The van der Waals surface area contributed by atoms with E-state index in [9.17, 15) is 0 Å². The Labute approximate surface area is 176 Å². The fourth-order valence-electron chi connectivity index (χ4n) is 5.71. The zero-order chi connectivity index (χ0) is 21.2. The molecule has 0 spiro atoms. The summed E-state index contributed by atoms with van der Waals surface area (Å²) in [6, 6.07) is 2.01. The number of nitrogens with one attached hydrogen (secondary N) is 2. The van der Waals surface area contributed by atoms with Gasteiger partial charge in [-0.05, 0) is 114 Å². The Kier molecular flexibility index (Phi) is 8.03. The van der Waals surface area contributed by atoms with Gasteiger partial charge in [0.25, 0.3) is 0 Å². The third kappa shape index (κ3) is 6.17. The minimum absolute atomic E-state index is 0.280. The molecule has 2 atom stereocenters. The van der Waals surface area contributed by atoms with E-state index in [1.165, 1.54) is 58.0 Å². The molecule has 0 aliphatic carbocycles. The van der Waals surface area contributed by atoms with Gasteiger partial charge in [0.1, 0.15) is 0 Å². The Bertz CT molecular complexity index is 467. The lowest BCUT2D eigenvalue weighted by Gasteiger charge is -2.53. The number of piperidine rings is 2. The molecule has 2 aliphatic rings. The second kappa shape index (κ2) is 9.32. The van der Waals surface area contributed by atoms with Gasteiger partial charge in [0.2, 0.25) is 0 Å². The van der Waals surface area contributed by atoms with E-state index >= 15 is 0 Å². The van der Waals surface area contributed by atoms with Crippen LogP contribution < -0.4 is 10.6 Å². The highest BCUT2D eigenvalue weighted by Crippen LogP contribution is 2.36. The van der Waals surface area contributed by atoms with Crippen LogP contribution in [0.25, 0.3) is 0 Å². The molecule has 2 fully saturated rings. The third-order valence-corrected chi connectivity index (χ3v) is 8.01. The molecule has 2 saturated heterocycles. The molecule has 28 heavy (non-hydrogen) atoms. The highest BCUT2D eigenvalue weighted by atomic mass is 15.2. The number of unbranched alkanes of at least 4 members (excludes halogenated alkanes) is 2. The first-order chi connectivity index (χ1) is 12.8. The quantitative estimate of drug-likeness (QED) is 0.603. The zero-order valence-electron chi connectivity index (χ0n) is 20.5. The van der Waals surface area contributed by atoms with E-state index < -0.39 is 0 Å². The minimum Gasteiger partial charge on any atom is -0.314 e. The van der Waals surface area contributed by atoms with Crippen LogP contribution in [-0.2, 0) is 0 Å². The molecule has 4 heteroatoms. The van der Waals surface area contributed by atoms with E-state index in [0.29, 0.717) is 23.7 Å². The van der Waals surface area contributed by atoms with Crippen LogP contribution >= 0.6 is 0 Å². The van der Waals surface area contributed by atoms with Crippen LogP contribution in [0, 0.1) is 0 Å². The summed E-state index contributed by atoms with van der Waals surface area (Å²) in [5, 5.41) is 7.70. The fraction of sp³-hybridized carbons (Fsp3) is 1.00. The van der Waals surface area contributed by atoms with Gasteiger partial charge in [-0.1, -0.05) is 6.42 Å². The zero-order valence-corrected chi connectivity index (χ0v) is 20.5. The van der Waals surface area contributed by atoms with Gasteiger partial charge < -0.3 is 10.6 Å². The van der Waals surface area contributed by atoms with Crippen LogP contribution in [0.15, 0.2) is 0 Å². The average Bonchev–Trinajstić information content (AvgIpc) is 2.56. The van der Waals surface area contributed by atoms with E-state index in [2.05, 4.69) is 83.0 Å². The molecule has 4 nitrogen and oxygen atoms in total. The molecule has 0 radical (unpaired) electrons. The molecular weight excluding hydrogens is 344 g/mol. The largest absolute Gasteiger partial charge is 0.314 e. The Hall–Kier alpha value is -0.160. The molecule has 2 unspecified atom stereocenters. The van der Waals surface area contributed by atoms with E-state index in [0.717, 1.165) is 0 Å². The fourth-order valence-corrected chi connectivity index (χ4v) is 5.71. The maximum absolute atomic E-state index is 3.86. The van der Waals surface area contributed by atoms with Crippen molar-refractivity contribution in [1.82, 2.24) is 20.4 Å².